The standard InChI is InChI=1S/C15H21NO2/c1-10-7-12(8-13(11(10)2)14(17)18)15(9-16)5-3-4-6-15/h7-8H,3-6,9,16H2,1-2H3,(H,17,18). The molecule has 1 aromatic rings. The Morgan fingerprint density at radius 3 is 2.44 bits per heavy atom. The third-order valence-corrected chi connectivity index (χ3v) is 4.46. The van der Waals surface area contributed by atoms with Crippen molar-refractivity contribution in [2.24, 2.45) is 5.73 Å². The lowest BCUT2D eigenvalue weighted by Gasteiger charge is -2.29. The summed E-state index contributed by atoms with van der Waals surface area (Å²) in [6.45, 7) is 4.45. The molecule has 0 aliphatic heterocycles. The second kappa shape index (κ2) is 4.73. The number of aromatic carboxylic acids is 1. The molecule has 0 aromatic heterocycles. The molecule has 0 heterocycles. The van der Waals surface area contributed by atoms with Gasteiger partial charge in [0.25, 0.3) is 0 Å². The average molecular weight is 247 g/mol. The summed E-state index contributed by atoms with van der Waals surface area (Å²) in [7, 11) is 0. The predicted octanol–water partition coefficient (Wildman–Crippen LogP) is 2.77. The zero-order valence-electron chi connectivity index (χ0n) is 11.1. The molecule has 98 valence electrons. The fourth-order valence-corrected chi connectivity index (χ4v) is 3.05. The molecule has 1 saturated carbocycles. The van der Waals surface area contributed by atoms with E-state index >= 15 is 0 Å². The van der Waals surface area contributed by atoms with E-state index in [4.69, 9.17) is 5.73 Å². The van der Waals surface area contributed by atoms with Crippen molar-refractivity contribution in [3.8, 4) is 0 Å². The quantitative estimate of drug-likeness (QED) is 0.863. The van der Waals surface area contributed by atoms with Gasteiger partial charge in [0.2, 0.25) is 0 Å². The molecule has 0 saturated heterocycles. The van der Waals surface area contributed by atoms with Crippen LogP contribution in [0, 0.1) is 13.8 Å². The van der Waals surface area contributed by atoms with Gasteiger partial charge in [-0.1, -0.05) is 18.9 Å². The molecular weight excluding hydrogens is 226 g/mol. The van der Waals surface area contributed by atoms with Gasteiger partial charge >= 0.3 is 5.97 Å². The fraction of sp³-hybridized carbons (Fsp3) is 0.533. The van der Waals surface area contributed by atoms with E-state index in [0.717, 1.165) is 29.5 Å². The van der Waals surface area contributed by atoms with Crippen LogP contribution in [0.15, 0.2) is 12.1 Å². The van der Waals surface area contributed by atoms with E-state index in [2.05, 4.69) is 6.07 Å². The molecule has 0 spiro atoms. The van der Waals surface area contributed by atoms with Gasteiger partial charge in [0.15, 0.2) is 0 Å². The minimum absolute atomic E-state index is 0.00264. The maximum absolute atomic E-state index is 11.3. The van der Waals surface area contributed by atoms with Gasteiger partial charge in [0, 0.05) is 12.0 Å². The van der Waals surface area contributed by atoms with Crippen LogP contribution in [-0.4, -0.2) is 17.6 Å². The van der Waals surface area contributed by atoms with E-state index < -0.39 is 5.97 Å². The van der Waals surface area contributed by atoms with E-state index in [1.165, 1.54) is 12.8 Å². The first-order chi connectivity index (χ1) is 8.50. The summed E-state index contributed by atoms with van der Waals surface area (Å²) in [6, 6.07) is 3.96. The normalized spacial score (nSPS) is 17.9. The van der Waals surface area contributed by atoms with E-state index in [-0.39, 0.29) is 5.41 Å². The number of nitrogens with two attached hydrogens (primary N) is 1. The van der Waals surface area contributed by atoms with Gasteiger partial charge in [-0.25, -0.2) is 4.79 Å². The predicted molar refractivity (Wildman–Crippen MR) is 72.1 cm³/mol. The first kappa shape index (κ1) is 13.1. The Balaban J connectivity index is 2.54. The zero-order chi connectivity index (χ0) is 13.3. The lowest BCUT2D eigenvalue weighted by Crippen LogP contribution is -2.32. The van der Waals surface area contributed by atoms with Crippen molar-refractivity contribution < 1.29 is 9.90 Å². The summed E-state index contributed by atoms with van der Waals surface area (Å²) in [6.07, 6.45) is 4.52. The molecule has 0 radical (unpaired) electrons. The van der Waals surface area contributed by atoms with E-state index in [1.54, 1.807) is 0 Å². The van der Waals surface area contributed by atoms with Gasteiger partial charge < -0.3 is 10.8 Å². The molecule has 3 N–H and O–H groups in total. The van der Waals surface area contributed by atoms with Crippen molar-refractivity contribution in [3.05, 3.63) is 34.4 Å². The van der Waals surface area contributed by atoms with E-state index in [9.17, 15) is 9.90 Å². The molecule has 1 aromatic carbocycles. The SMILES string of the molecule is Cc1cc(C2(CN)CCCC2)cc(C(=O)O)c1C. The number of benzene rings is 1. The maximum Gasteiger partial charge on any atom is 0.335 e. The molecule has 1 aliphatic carbocycles. The Morgan fingerprint density at radius 1 is 1.33 bits per heavy atom. The highest BCUT2D eigenvalue weighted by molar-refractivity contribution is 5.90. The van der Waals surface area contributed by atoms with Crippen molar-refractivity contribution in [1.29, 1.82) is 0 Å². The topological polar surface area (TPSA) is 63.3 Å². The van der Waals surface area contributed by atoms with Crippen LogP contribution in [-0.2, 0) is 5.41 Å². The Bertz CT molecular complexity index is 474. The molecule has 0 bridgehead atoms. The van der Waals surface area contributed by atoms with E-state index in [0.29, 0.717) is 12.1 Å². The second-order valence-corrected chi connectivity index (χ2v) is 5.46. The molecule has 3 heteroatoms. The molecule has 18 heavy (non-hydrogen) atoms. The van der Waals surface area contributed by atoms with Gasteiger partial charge in [-0.2, -0.15) is 0 Å². The van der Waals surface area contributed by atoms with Gasteiger partial charge in [-0.05, 0) is 49.4 Å². The fourth-order valence-electron chi connectivity index (χ4n) is 3.05. The van der Waals surface area contributed by atoms with Crippen LogP contribution in [0.25, 0.3) is 0 Å². The number of carbonyl (C=O) groups is 1. The number of aryl methyl sites for hydroxylation is 1. The summed E-state index contributed by atoms with van der Waals surface area (Å²) < 4.78 is 0. The smallest absolute Gasteiger partial charge is 0.335 e. The first-order valence-electron chi connectivity index (χ1n) is 6.55. The lowest BCUT2D eigenvalue weighted by molar-refractivity contribution is 0.0695. The molecule has 1 fully saturated rings. The molecule has 1 aliphatic rings. The molecule has 0 atom stereocenters. The molecular formula is C15H21NO2. The van der Waals surface area contributed by atoms with Crippen LogP contribution < -0.4 is 5.73 Å². The van der Waals surface area contributed by atoms with Crippen LogP contribution in [0.4, 0.5) is 0 Å². The number of carboxylic acids is 1. The Kier molecular flexibility index (Phi) is 3.44. The maximum atomic E-state index is 11.3. The van der Waals surface area contributed by atoms with Gasteiger partial charge in [-0.3, -0.25) is 0 Å². The van der Waals surface area contributed by atoms with Gasteiger partial charge in [0.05, 0.1) is 5.56 Å². The van der Waals surface area contributed by atoms with Gasteiger partial charge in [-0.15, -0.1) is 0 Å². The molecule has 2 rings (SSSR count). The number of rotatable bonds is 3. The van der Waals surface area contributed by atoms with Crippen molar-refractivity contribution in [3.63, 3.8) is 0 Å². The van der Waals surface area contributed by atoms with E-state index in [1.807, 2.05) is 19.9 Å². The largest absolute Gasteiger partial charge is 0.478 e. The Labute approximate surface area is 108 Å². The van der Waals surface area contributed by atoms with Gasteiger partial charge in [0.1, 0.15) is 0 Å². The van der Waals surface area contributed by atoms with Crippen molar-refractivity contribution >= 4 is 5.97 Å². The highest BCUT2D eigenvalue weighted by atomic mass is 16.4. The van der Waals surface area contributed by atoms with Crippen molar-refractivity contribution in [1.82, 2.24) is 0 Å². The van der Waals surface area contributed by atoms with Crippen LogP contribution in [0.1, 0.15) is 52.7 Å². The first-order valence-corrected chi connectivity index (χ1v) is 6.55. The summed E-state index contributed by atoms with van der Waals surface area (Å²) in [5.41, 5.74) is 9.41. The number of carboxylic acid groups (broad SMARTS) is 1. The molecule has 0 amide bonds. The minimum atomic E-state index is -0.845. The summed E-state index contributed by atoms with van der Waals surface area (Å²) >= 11 is 0. The third-order valence-electron chi connectivity index (χ3n) is 4.46. The van der Waals surface area contributed by atoms with Crippen molar-refractivity contribution in [2.45, 2.75) is 44.9 Å². The minimum Gasteiger partial charge on any atom is -0.478 e. The molecule has 3 nitrogen and oxygen atoms in total. The van der Waals surface area contributed by atoms with Crippen LogP contribution in [0.2, 0.25) is 0 Å². The highest BCUT2D eigenvalue weighted by Crippen LogP contribution is 2.41. The van der Waals surface area contributed by atoms with Crippen LogP contribution >= 0.6 is 0 Å². The van der Waals surface area contributed by atoms with Crippen molar-refractivity contribution in [2.75, 3.05) is 6.54 Å². The molecule has 0 unspecified atom stereocenters. The number of hydrogen-bond acceptors (Lipinski definition) is 2. The summed E-state index contributed by atoms with van der Waals surface area (Å²) in [5, 5.41) is 9.28. The Hall–Kier alpha value is -1.35. The Morgan fingerprint density at radius 2 is 1.94 bits per heavy atom. The monoisotopic (exact) mass is 247 g/mol. The lowest BCUT2D eigenvalue weighted by atomic mass is 9.77. The zero-order valence-corrected chi connectivity index (χ0v) is 11.1. The third kappa shape index (κ3) is 2.03. The van der Waals surface area contributed by atoms with Crippen LogP contribution in [0.5, 0.6) is 0 Å². The highest BCUT2D eigenvalue weighted by Gasteiger charge is 2.35. The van der Waals surface area contributed by atoms with Crippen LogP contribution in [0.3, 0.4) is 0 Å². The summed E-state index contributed by atoms with van der Waals surface area (Å²) in [5.74, 6) is -0.845. The second-order valence-electron chi connectivity index (χ2n) is 5.46. The summed E-state index contributed by atoms with van der Waals surface area (Å²) in [4.78, 5) is 11.3. The number of hydrogen-bond donors (Lipinski definition) is 2. The average Bonchev–Trinajstić information content (AvgIpc) is 2.82.